The van der Waals surface area contributed by atoms with Gasteiger partial charge in [-0.05, 0) is 114 Å². The topological polar surface area (TPSA) is 12.4 Å². The van der Waals surface area contributed by atoms with E-state index in [1.807, 2.05) is 11.8 Å². The summed E-state index contributed by atoms with van der Waals surface area (Å²) in [5, 5.41) is 0.727. The molecule has 0 fully saturated rings. The Hall–Kier alpha value is -3.27. The molecule has 8 aliphatic rings. The Morgan fingerprint density at radius 2 is 1.83 bits per heavy atom. The maximum absolute atomic E-state index is 5.69. The van der Waals surface area contributed by atoms with E-state index in [1.165, 1.54) is 34.5 Å². The van der Waals surface area contributed by atoms with Crippen molar-refractivity contribution in [3.05, 3.63) is 154 Å². The number of fused-ring (bicyclic) bond motifs is 8. The lowest BCUT2D eigenvalue weighted by Crippen LogP contribution is -2.37. The number of hydrogen-bond acceptors (Lipinski definition) is 3. The van der Waals surface area contributed by atoms with Crippen LogP contribution in [0.5, 0.6) is 0 Å². The van der Waals surface area contributed by atoms with Crippen molar-refractivity contribution in [1.29, 1.82) is 0 Å². The molecule has 1 aromatic carbocycles. The highest BCUT2D eigenvalue weighted by molar-refractivity contribution is 8.04. The summed E-state index contributed by atoms with van der Waals surface area (Å²) in [6.07, 6.45) is 38.8. The summed E-state index contributed by atoms with van der Waals surface area (Å²) in [4.78, 5) is 8.53. The van der Waals surface area contributed by atoms with E-state index in [4.69, 9.17) is 4.99 Å². The van der Waals surface area contributed by atoms with Crippen LogP contribution in [0, 0.1) is 40.9 Å². The standard InChI is InChI=1S/C51H57NS2/c1-8-43-47(51(7)25-24-30(2)28-44(51)53-43)48(52-34(6)35-16-11-9-12-17-35)40-21-15-20-38-33(5)49(40)54-50-39(38)23-22-37-29-41(36-18-13-10-14-19-36)42-27-31(3)26-32(4)45(42)46(37)50/h8,10-11,13-18,20-25,30-33,36,38,41,44,49H,1,6,9,12,19,26-29H2,2-5,7H3. The van der Waals surface area contributed by atoms with Crippen LogP contribution in [0.4, 0.5) is 0 Å². The fraction of sp³-hybridized carbons (Fsp3) is 0.431. The Balaban J connectivity index is 1.20. The molecular weight excluding hydrogens is 691 g/mol. The Morgan fingerprint density at radius 3 is 2.61 bits per heavy atom. The third-order valence-corrected chi connectivity index (χ3v) is 17.2. The van der Waals surface area contributed by atoms with Gasteiger partial charge in [-0.1, -0.05) is 144 Å². The fourth-order valence-electron chi connectivity index (χ4n) is 11.3. The van der Waals surface area contributed by atoms with Crippen molar-refractivity contribution in [1.82, 2.24) is 0 Å². The summed E-state index contributed by atoms with van der Waals surface area (Å²) in [6.45, 7) is 21.4. The second-order valence-electron chi connectivity index (χ2n) is 17.8. The van der Waals surface area contributed by atoms with Gasteiger partial charge < -0.3 is 0 Å². The second kappa shape index (κ2) is 14.3. The Bertz CT molecular complexity index is 2100. The van der Waals surface area contributed by atoms with E-state index < -0.39 is 0 Å². The third kappa shape index (κ3) is 6.03. The zero-order valence-electron chi connectivity index (χ0n) is 33.0. The first-order valence-corrected chi connectivity index (χ1v) is 22.6. The number of thioether (sulfide) groups is 2. The molecule has 0 saturated heterocycles. The van der Waals surface area contributed by atoms with E-state index in [0.717, 1.165) is 55.0 Å². The maximum Gasteiger partial charge on any atom is 0.0732 e. The van der Waals surface area contributed by atoms with Gasteiger partial charge in [-0.3, -0.25) is 0 Å². The molecule has 0 amide bonds. The summed E-state index contributed by atoms with van der Waals surface area (Å²) in [6, 6.07) is 5.06. The van der Waals surface area contributed by atoms with Gasteiger partial charge in [0.2, 0.25) is 0 Å². The summed E-state index contributed by atoms with van der Waals surface area (Å²) >= 11 is 4.18. The molecule has 2 aliphatic heterocycles. The third-order valence-electron chi connectivity index (χ3n) is 14.0. The van der Waals surface area contributed by atoms with E-state index in [1.54, 1.807) is 27.2 Å². The Morgan fingerprint density at radius 1 is 0.963 bits per heavy atom. The van der Waals surface area contributed by atoms with Crippen LogP contribution in [0.2, 0.25) is 0 Å². The van der Waals surface area contributed by atoms with Crippen molar-refractivity contribution in [3.8, 4) is 0 Å². The lowest BCUT2D eigenvalue weighted by molar-refractivity contribution is 0.367. The van der Waals surface area contributed by atoms with Crippen molar-refractivity contribution in [3.63, 3.8) is 0 Å². The second-order valence-corrected chi connectivity index (χ2v) is 20.2. The zero-order valence-corrected chi connectivity index (χ0v) is 34.6. The lowest BCUT2D eigenvalue weighted by atomic mass is 9.63. The number of nitrogens with zero attached hydrogens (tertiary/aromatic N) is 1. The average molecular weight is 748 g/mol. The first kappa shape index (κ1) is 36.4. The van der Waals surface area contributed by atoms with Gasteiger partial charge in [0.15, 0.2) is 0 Å². The summed E-state index contributed by atoms with van der Waals surface area (Å²) in [5.41, 5.74) is 13.9. The van der Waals surface area contributed by atoms with Crippen LogP contribution in [-0.4, -0.2) is 16.2 Å². The highest BCUT2D eigenvalue weighted by Gasteiger charge is 2.50. The summed E-state index contributed by atoms with van der Waals surface area (Å²) in [7, 11) is 0. The van der Waals surface area contributed by atoms with E-state index in [0.29, 0.717) is 40.8 Å². The molecule has 2 heterocycles. The predicted octanol–water partition coefficient (Wildman–Crippen LogP) is 13.9. The van der Waals surface area contributed by atoms with Crippen molar-refractivity contribution >= 4 is 34.8 Å². The fourth-order valence-corrected chi connectivity index (χ4v) is 14.6. The minimum absolute atomic E-state index is 0.127. The molecule has 9 rings (SSSR count). The molecule has 1 nitrogen and oxygen atoms in total. The molecule has 0 aromatic heterocycles. The predicted molar refractivity (Wildman–Crippen MR) is 236 cm³/mol. The Kier molecular flexibility index (Phi) is 9.66. The number of benzene rings is 1. The van der Waals surface area contributed by atoms with E-state index in [9.17, 15) is 0 Å². The first-order valence-electron chi connectivity index (χ1n) is 20.8. The van der Waals surface area contributed by atoms with Gasteiger partial charge >= 0.3 is 0 Å². The number of rotatable bonds is 6. The summed E-state index contributed by atoms with van der Waals surface area (Å²) in [5.74, 6) is 3.83. The van der Waals surface area contributed by atoms with Crippen LogP contribution < -0.4 is 0 Å². The molecule has 2 bridgehead atoms. The van der Waals surface area contributed by atoms with Crippen LogP contribution in [0.3, 0.4) is 0 Å². The van der Waals surface area contributed by atoms with Crippen LogP contribution in [0.1, 0.15) is 95.8 Å². The van der Waals surface area contributed by atoms with Crippen molar-refractivity contribution < 1.29 is 0 Å². The van der Waals surface area contributed by atoms with Crippen molar-refractivity contribution in [2.24, 2.45) is 45.9 Å². The normalized spacial score (nSPS) is 36.5. The molecular formula is C51H57NS2. The maximum atomic E-state index is 5.69. The number of allylic oxidation sites excluding steroid dienone is 16. The SMILES string of the molecule is C=CC1=C(C(=NC(=C)C2=CCCC=C2)C2=CC=CC3c4ccc5c(c4SC2C3C)C2=C(CC(C)CC2C)C(C2C=CC=CC2)C5)C2(C)C=CC(C)CC2S1. The van der Waals surface area contributed by atoms with Gasteiger partial charge in [0.05, 0.1) is 11.4 Å². The van der Waals surface area contributed by atoms with Crippen LogP contribution in [0.15, 0.2) is 147 Å². The first-order chi connectivity index (χ1) is 26.2. The van der Waals surface area contributed by atoms with Gasteiger partial charge in [-0.25, -0.2) is 4.99 Å². The van der Waals surface area contributed by atoms with Crippen molar-refractivity contribution in [2.75, 3.05) is 0 Å². The smallest absolute Gasteiger partial charge is 0.0732 e. The number of hydrogen-bond donors (Lipinski definition) is 0. The zero-order chi connectivity index (χ0) is 37.3. The van der Waals surface area contributed by atoms with Crippen molar-refractivity contribution in [2.45, 2.75) is 101 Å². The van der Waals surface area contributed by atoms with E-state index >= 15 is 0 Å². The molecule has 3 heteroatoms. The van der Waals surface area contributed by atoms with Gasteiger partial charge in [0, 0.05) is 37.2 Å². The minimum Gasteiger partial charge on any atom is -0.248 e. The molecule has 10 unspecified atom stereocenters. The molecule has 54 heavy (non-hydrogen) atoms. The quantitative estimate of drug-likeness (QED) is 0.212. The largest absolute Gasteiger partial charge is 0.248 e. The molecule has 0 radical (unpaired) electrons. The van der Waals surface area contributed by atoms with E-state index in [2.05, 4.69) is 151 Å². The molecule has 0 spiro atoms. The van der Waals surface area contributed by atoms with Gasteiger partial charge in [-0.15, -0.1) is 23.5 Å². The molecule has 1 aromatic rings. The van der Waals surface area contributed by atoms with Crippen LogP contribution in [0.25, 0.3) is 5.57 Å². The van der Waals surface area contributed by atoms with Crippen LogP contribution >= 0.6 is 23.5 Å². The highest BCUT2D eigenvalue weighted by atomic mass is 32.2. The van der Waals surface area contributed by atoms with Gasteiger partial charge in [-0.2, -0.15) is 0 Å². The van der Waals surface area contributed by atoms with Gasteiger partial charge in [0.1, 0.15) is 0 Å². The highest BCUT2D eigenvalue weighted by Crippen LogP contribution is 2.61. The number of aliphatic imine (C=N–C) groups is 1. The molecule has 278 valence electrons. The monoisotopic (exact) mass is 747 g/mol. The molecule has 0 N–H and O–H groups in total. The van der Waals surface area contributed by atoms with Gasteiger partial charge in [0.25, 0.3) is 0 Å². The summed E-state index contributed by atoms with van der Waals surface area (Å²) < 4.78 is 0. The minimum atomic E-state index is -0.127. The van der Waals surface area contributed by atoms with E-state index in [-0.39, 0.29) is 10.7 Å². The van der Waals surface area contributed by atoms with Crippen LogP contribution in [-0.2, 0) is 6.42 Å². The molecule has 10 atom stereocenters. The Labute approximate surface area is 333 Å². The lowest BCUT2D eigenvalue weighted by Gasteiger charge is -2.45. The average Bonchev–Trinajstić information content (AvgIpc) is 3.42. The molecule has 6 aliphatic carbocycles. The molecule has 0 saturated carbocycles.